The van der Waals surface area contributed by atoms with E-state index in [1.807, 2.05) is 60.0 Å². The average molecular weight is 525 g/mol. The molecular formula is C28H28N8O3. The van der Waals surface area contributed by atoms with Gasteiger partial charge in [-0.3, -0.25) is 14.3 Å². The van der Waals surface area contributed by atoms with Gasteiger partial charge in [0.2, 0.25) is 0 Å². The van der Waals surface area contributed by atoms with Crippen molar-refractivity contribution < 1.29 is 14.3 Å². The van der Waals surface area contributed by atoms with E-state index in [-0.39, 0.29) is 19.1 Å². The second-order valence-electron chi connectivity index (χ2n) is 9.76. The second kappa shape index (κ2) is 9.82. The smallest absolute Gasteiger partial charge is 0.404 e. The molecule has 2 N–H and O–H groups in total. The number of ether oxygens (including phenoxy) is 1. The number of anilines is 2. The van der Waals surface area contributed by atoms with E-state index in [1.165, 1.54) is 0 Å². The van der Waals surface area contributed by atoms with Crippen LogP contribution in [0.25, 0.3) is 17.2 Å². The van der Waals surface area contributed by atoms with E-state index < -0.39 is 6.09 Å². The Morgan fingerprint density at radius 3 is 2.64 bits per heavy atom. The minimum atomic E-state index is -0.890. The number of pyridine rings is 2. The maximum Gasteiger partial charge on any atom is 0.404 e. The van der Waals surface area contributed by atoms with Gasteiger partial charge in [0.25, 0.3) is 5.91 Å². The van der Waals surface area contributed by atoms with E-state index in [1.54, 1.807) is 11.0 Å². The molecule has 2 aliphatic heterocycles. The minimum Gasteiger partial charge on any atom is -0.443 e. The van der Waals surface area contributed by atoms with E-state index in [2.05, 4.69) is 22.0 Å². The highest BCUT2D eigenvalue weighted by molar-refractivity contribution is 6.10. The van der Waals surface area contributed by atoms with Gasteiger partial charge in [-0.1, -0.05) is 24.3 Å². The molecule has 2 aliphatic rings. The molecule has 2 amide bonds. The van der Waals surface area contributed by atoms with Crippen molar-refractivity contribution in [2.75, 3.05) is 16.3 Å². The van der Waals surface area contributed by atoms with Crippen molar-refractivity contribution in [3.05, 3.63) is 77.2 Å². The van der Waals surface area contributed by atoms with Crippen LogP contribution in [-0.4, -0.2) is 49.3 Å². The van der Waals surface area contributed by atoms with Crippen molar-refractivity contribution in [1.29, 1.82) is 0 Å². The summed E-state index contributed by atoms with van der Waals surface area (Å²) < 4.78 is 7.03. The molecule has 198 valence electrons. The van der Waals surface area contributed by atoms with Gasteiger partial charge in [-0.25, -0.2) is 14.8 Å². The molecule has 0 aliphatic carbocycles. The molecule has 11 heteroatoms. The summed E-state index contributed by atoms with van der Waals surface area (Å²) in [6.45, 7) is 5.01. The van der Waals surface area contributed by atoms with Crippen LogP contribution in [-0.2, 0) is 17.9 Å². The number of primary amides is 1. The molecule has 11 nitrogen and oxygen atoms in total. The molecule has 0 radical (unpaired) electrons. The number of nitrogens with zero attached hydrogens (tertiary/aromatic N) is 7. The fourth-order valence-corrected chi connectivity index (χ4v) is 5.33. The molecule has 1 saturated heterocycles. The molecule has 6 rings (SSSR count). The summed E-state index contributed by atoms with van der Waals surface area (Å²) in [6.07, 6.45) is 1.21. The highest BCUT2D eigenvalue weighted by Gasteiger charge is 2.35. The summed E-state index contributed by atoms with van der Waals surface area (Å²) in [4.78, 5) is 38.5. The summed E-state index contributed by atoms with van der Waals surface area (Å²) in [6, 6.07) is 17.4. The van der Waals surface area contributed by atoms with Crippen LogP contribution >= 0.6 is 0 Å². The van der Waals surface area contributed by atoms with E-state index >= 15 is 0 Å². The Kier molecular flexibility index (Phi) is 6.18. The Balaban J connectivity index is 1.37. The van der Waals surface area contributed by atoms with Crippen LogP contribution < -0.4 is 15.5 Å². The number of rotatable bonds is 6. The van der Waals surface area contributed by atoms with Gasteiger partial charge in [-0.05, 0) is 57.0 Å². The predicted octanol–water partition coefficient (Wildman–Crippen LogP) is 3.78. The third kappa shape index (κ3) is 4.45. The van der Waals surface area contributed by atoms with Gasteiger partial charge in [0.1, 0.15) is 29.8 Å². The highest BCUT2D eigenvalue weighted by Crippen LogP contribution is 2.34. The first-order chi connectivity index (χ1) is 18.9. The monoisotopic (exact) mass is 524 g/mol. The quantitative estimate of drug-likeness (QED) is 0.403. The van der Waals surface area contributed by atoms with Crippen LogP contribution in [0.15, 0.2) is 54.6 Å². The number of amides is 2. The molecule has 3 aromatic heterocycles. The summed E-state index contributed by atoms with van der Waals surface area (Å²) >= 11 is 0. The number of aryl methyl sites for hydroxylation is 1. The van der Waals surface area contributed by atoms with Crippen molar-refractivity contribution in [1.82, 2.24) is 24.7 Å². The Hall–Kier alpha value is -4.80. The molecule has 1 unspecified atom stereocenters. The third-order valence-corrected chi connectivity index (χ3v) is 7.27. The number of benzene rings is 1. The normalized spacial score (nSPS) is 16.6. The lowest BCUT2D eigenvalue weighted by Crippen LogP contribution is -2.28. The van der Waals surface area contributed by atoms with E-state index in [0.29, 0.717) is 46.0 Å². The zero-order valence-corrected chi connectivity index (χ0v) is 21.7. The van der Waals surface area contributed by atoms with Crippen LogP contribution in [0.4, 0.5) is 16.4 Å². The maximum absolute atomic E-state index is 13.8. The number of hydrogen-bond acceptors (Lipinski definition) is 8. The first-order valence-electron chi connectivity index (χ1n) is 12.9. The molecule has 1 atom stereocenters. The molecular weight excluding hydrogens is 496 g/mol. The van der Waals surface area contributed by atoms with E-state index in [9.17, 15) is 9.59 Å². The summed E-state index contributed by atoms with van der Waals surface area (Å²) in [5.41, 5.74) is 8.49. The van der Waals surface area contributed by atoms with Crippen molar-refractivity contribution in [3.63, 3.8) is 0 Å². The number of hydrogen-bond donors (Lipinski definition) is 1. The van der Waals surface area contributed by atoms with Crippen molar-refractivity contribution in [3.8, 4) is 17.2 Å². The van der Waals surface area contributed by atoms with Gasteiger partial charge in [0.15, 0.2) is 5.82 Å². The second-order valence-corrected chi connectivity index (χ2v) is 9.76. The fourth-order valence-electron chi connectivity index (χ4n) is 5.33. The van der Waals surface area contributed by atoms with Crippen LogP contribution in [0.1, 0.15) is 47.2 Å². The number of nitrogens with two attached hydrogens (primary N) is 1. The summed E-state index contributed by atoms with van der Waals surface area (Å²) in [5, 5.41) is 8.65. The molecule has 1 fully saturated rings. The minimum absolute atomic E-state index is 0.109. The zero-order chi connectivity index (χ0) is 27.1. The SMILES string of the molecule is Cc1nnc(-c2cccc(N3Cc4c(cc(N5CCCC5C)nc4COC(N)=O)C3=O)n2)n1-c1ccccc1. The maximum atomic E-state index is 13.8. The van der Waals surface area contributed by atoms with E-state index in [0.717, 1.165) is 30.9 Å². The number of para-hydroxylation sites is 1. The Bertz CT molecular complexity index is 1570. The van der Waals surface area contributed by atoms with Gasteiger partial charge in [0, 0.05) is 23.8 Å². The lowest BCUT2D eigenvalue weighted by molar-refractivity contribution is 0.0996. The Morgan fingerprint density at radius 2 is 1.90 bits per heavy atom. The summed E-state index contributed by atoms with van der Waals surface area (Å²) in [5.74, 6) is 2.29. The van der Waals surface area contributed by atoms with Gasteiger partial charge >= 0.3 is 6.09 Å². The van der Waals surface area contributed by atoms with Crippen LogP contribution in [0, 0.1) is 6.92 Å². The van der Waals surface area contributed by atoms with Crippen molar-refractivity contribution in [2.45, 2.75) is 45.9 Å². The fraction of sp³-hybridized carbons (Fsp3) is 0.286. The first-order valence-corrected chi connectivity index (χ1v) is 12.9. The van der Waals surface area contributed by atoms with Gasteiger partial charge < -0.3 is 15.4 Å². The molecule has 39 heavy (non-hydrogen) atoms. The lowest BCUT2D eigenvalue weighted by atomic mass is 10.1. The predicted molar refractivity (Wildman–Crippen MR) is 144 cm³/mol. The van der Waals surface area contributed by atoms with Crippen LogP contribution in [0.3, 0.4) is 0 Å². The average Bonchev–Trinajstić information content (AvgIpc) is 3.64. The lowest BCUT2D eigenvalue weighted by Gasteiger charge is -2.23. The standard InChI is InChI=1S/C28H28N8O3/c1-17-8-7-13-34(17)25-14-20-21(23(31-25)16-39-28(29)38)15-35(27(20)37)24-12-6-11-22(30-24)26-33-32-18(2)36(26)19-9-4-3-5-10-19/h3-6,9-12,14,17H,7-8,13,15-16H2,1-2H3,(H2,29,38). The largest absolute Gasteiger partial charge is 0.443 e. The Morgan fingerprint density at radius 1 is 1.08 bits per heavy atom. The number of carbonyl (C=O) groups is 2. The van der Waals surface area contributed by atoms with Crippen molar-refractivity contribution in [2.24, 2.45) is 5.73 Å². The highest BCUT2D eigenvalue weighted by atomic mass is 16.5. The zero-order valence-electron chi connectivity index (χ0n) is 21.7. The molecule has 0 bridgehead atoms. The summed E-state index contributed by atoms with van der Waals surface area (Å²) in [7, 11) is 0. The van der Waals surface area contributed by atoms with E-state index in [4.69, 9.17) is 20.4 Å². The molecule has 0 spiro atoms. The molecule has 0 saturated carbocycles. The third-order valence-electron chi connectivity index (χ3n) is 7.27. The van der Waals surface area contributed by atoms with Gasteiger partial charge in [-0.2, -0.15) is 0 Å². The van der Waals surface area contributed by atoms with Crippen molar-refractivity contribution >= 4 is 23.6 Å². The number of fused-ring (bicyclic) bond motifs is 1. The molecule has 5 heterocycles. The van der Waals surface area contributed by atoms with Gasteiger partial charge in [0.05, 0.1) is 17.8 Å². The molecule has 1 aromatic carbocycles. The Labute approximate surface area is 225 Å². The topological polar surface area (TPSA) is 132 Å². The first kappa shape index (κ1) is 24.5. The number of carbonyl (C=O) groups excluding carboxylic acids is 2. The van der Waals surface area contributed by atoms with Gasteiger partial charge in [-0.15, -0.1) is 10.2 Å². The van der Waals surface area contributed by atoms with Crippen LogP contribution in [0.5, 0.6) is 0 Å². The number of aromatic nitrogens is 5. The molecule has 4 aromatic rings. The van der Waals surface area contributed by atoms with Crippen LogP contribution in [0.2, 0.25) is 0 Å².